The molecule has 1 aromatic rings. The van der Waals surface area contributed by atoms with Crippen molar-refractivity contribution in [2.24, 2.45) is 11.8 Å². The Labute approximate surface area is 108 Å². The zero-order valence-electron chi connectivity index (χ0n) is 10.9. The molecule has 0 bridgehead atoms. The number of aromatic nitrogens is 1. The molecule has 18 heavy (non-hydrogen) atoms. The number of pyridine rings is 1. The number of hydrogen-bond acceptors (Lipinski definition) is 5. The number of hydrogen-bond donors (Lipinski definition) is 2. The minimum absolute atomic E-state index is 0.706. The van der Waals surface area contributed by atoms with Crippen molar-refractivity contribution >= 4 is 5.82 Å². The summed E-state index contributed by atoms with van der Waals surface area (Å²) >= 11 is 0. The number of ether oxygens (including phenoxy) is 1. The van der Waals surface area contributed by atoms with Gasteiger partial charge in [0.2, 0.25) is 0 Å². The van der Waals surface area contributed by atoms with E-state index in [2.05, 4.69) is 21.4 Å². The van der Waals surface area contributed by atoms with Crippen LogP contribution >= 0.6 is 0 Å². The van der Waals surface area contributed by atoms with Crippen molar-refractivity contribution in [3.63, 3.8) is 0 Å². The van der Waals surface area contributed by atoms with E-state index in [1.165, 1.54) is 18.4 Å². The molecule has 2 rings (SSSR count). The van der Waals surface area contributed by atoms with Crippen LogP contribution in [0.25, 0.3) is 0 Å². The van der Waals surface area contributed by atoms with Crippen LogP contribution in [0, 0.1) is 5.92 Å². The van der Waals surface area contributed by atoms with E-state index in [0.29, 0.717) is 5.82 Å². The van der Waals surface area contributed by atoms with Crippen LogP contribution in [0.15, 0.2) is 18.3 Å². The van der Waals surface area contributed by atoms with Crippen molar-refractivity contribution < 1.29 is 4.74 Å². The molecule has 5 heteroatoms. The van der Waals surface area contributed by atoms with E-state index in [9.17, 15) is 0 Å². The Bertz CT molecular complexity index is 347. The summed E-state index contributed by atoms with van der Waals surface area (Å²) in [4.78, 5) is 6.70. The number of hydrazine groups is 1. The molecule has 1 fully saturated rings. The van der Waals surface area contributed by atoms with E-state index in [4.69, 9.17) is 10.6 Å². The van der Waals surface area contributed by atoms with E-state index in [-0.39, 0.29) is 0 Å². The minimum Gasteiger partial charge on any atom is -0.384 e. The maximum atomic E-state index is 5.29. The lowest BCUT2D eigenvalue weighted by Gasteiger charge is -2.31. The normalized spacial score (nSPS) is 17.9. The molecular weight excluding hydrogens is 228 g/mol. The first-order valence-corrected chi connectivity index (χ1v) is 6.44. The maximum absolute atomic E-state index is 5.29. The van der Waals surface area contributed by atoms with E-state index < -0.39 is 0 Å². The standard InChI is InChI=1S/C13H22N4O/c1-18-10-11-4-6-17(7-5-11)9-12-2-3-13(16-14)15-8-12/h2-3,8,11H,4-7,9-10,14H2,1H3,(H,15,16). The first-order valence-electron chi connectivity index (χ1n) is 6.44. The molecule has 0 saturated carbocycles. The van der Waals surface area contributed by atoms with Gasteiger partial charge in [0.05, 0.1) is 0 Å². The zero-order valence-corrected chi connectivity index (χ0v) is 10.9. The van der Waals surface area contributed by atoms with Crippen molar-refractivity contribution in [2.75, 3.05) is 32.2 Å². The van der Waals surface area contributed by atoms with Gasteiger partial charge in [-0.25, -0.2) is 10.8 Å². The fourth-order valence-corrected chi connectivity index (χ4v) is 2.41. The van der Waals surface area contributed by atoms with Crippen LogP contribution in [0.2, 0.25) is 0 Å². The average molecular weight is 250 g/mol. The number of nitrogens with one attached hydrogen (secondary N) is 1. The van der Waals surface area contributed by atoms with Crippen LogP contribution in [0.5, 0.6) is 0 Å². The average Bonchev–Trinajstić information content (AvgIpc) is 2.42. The molecule has 0 aromatic carbocycles. The second-order valence-corrected chi connectivity index (χ2v) is 4.87. The second-order valence-electron chi connectivity index (χ2n) is 4.87. The summed E-state index contributed by atoms with van der Waals surface area (Å²) in [6, 6.07) is 3.98. The molecule has 0 amide bonds. The molecule has 100 valence electrons. The molecular formula is C13H22N4O. The molecule has 0 aliphatic carbocycles. The molecule has 0 spiro atoms. The molecule has 0 radical (unpaired) electrons. The summed E-state index contributed by atoms with van der Waals surface area (Å²) in [5.74, 6) is 6.73. The SMILES string of the molecule is COCC1CCN(Cc2ccc(NN)nc2)CC1. The van der Waals surface area contributed by atoms with Crippen molar-refractivity contribution in [3.05, 3.63) is 23.9 Å². The number of nitrogens with two attached hydrogens (primary N) is 1. The van der Waals surface area contributed by atoms with Crippen LogP contribution in [0.1, 0.15) is 18.4 Å². The Morgan fingerprint density at radius 3 is 2.78 bits per heavy atom. The third kappa shape index (κ3) is 3.66. The zero-order chi connectivity index (χ0) is 12.8. The first kappa shape index (κ1) is 13.3. The lowest BCUT2D eigenvalue weighted by Crippen LogP contribution is -2.34. The maximum Gasteiger partial charge on any atom is 0.139 e. The fourth-order valence-electron chi connectivity index (χ4n) is 2.41. The van der Waals surface area contributed by atoms with Gasteiger partial charge in [0.15, 0.2) is 0 Å². The van der Waals surface area contributed by atoms with Crippen LogP contribution in [-0.2, 0) is 11.3 Å². The number of likely N-dealkylation sites (tertiary alicyclic amines) is 1. The van der Waals surface area contributed by atoms with Gasteiger partial charge in [-0.1, -0.05) is 6.07 Å². The largest absolute Gasteiger partial charge is 0.384 e. The highest BCUT2D eigenvalue weighted by Crippen LogP contribution is 2.19. The Balaban J connectivity index is 1.80. The Morgan fingerprint density at radius 1 is 1.44 bits per heavy atom. The van der Waals surface area contributed by atoms with Gasteiger partial charge in [0.1, 0.15) is 5.82 Å². The van der Waals surface area contributed by atoms with Crippen LogP contribution < -0.4 is 11.3 Å². The monoisotopic (exact) mass is 250 g/mol. The number of anilines is 1. The summed E-state index contributed by atoms with van der Waals surface area (Å²) < 4.78 is 5.21. The van der Waals surface area contributed by atoms with Crippen molar-refractivity contribution in [2.45, 2.75) is 19.4 Å². The van der Waals surface area contributed by atoms with Gasteiger partial charge in [-0.2, -0.15) is 0 Å². The Hall–Kier alpha value is -1.17. The van der Waals surface area contributed by atoms with Gasteiger partial charge in [0, 0.05) is 26.5 Å². The molecule has 1 saturated heterocycles. The quantitative estimate of drug-likeness (QED) is 0.608. The highest BCUT2D eigenvalue weighted by molar-refractivity contribution is 5.33. The molecule has 2 heterocycles. The second kappa shape index (κ2) is 6.68. The van der Waals surface area contributed by atoms with E-state index in [0.717, 1.165) is 32.2 Å². The summed E-state index contributed by atoms with van der Waals surface area (Å²) in [5.41, 5.74) is 3.77. The summed E-state index contributed by atoms with van der Waals surface area (Å²) in [5, 5.41) is 0. The highest BCUT2D eigenvalue weighted by atomic mass is 16.5. The number of methoxy groups -OCH3 is 1. The minimum atomic E-state index is 0.706. The number of nitrogen functional groups attached to an aromatic ring is 1. The molecule has 3 N–H and O–H groups in total. The molecule has 0 unspecified atom stereocenters. The lowest BCUT2D eigenvalue weighted by atomic mass is 9.97. The molecule has 1 aliphatic rings. The van der Waals surface area contributed by atoms with Gasteiger partial charge in [-0.3, -0.25) is 4.90 Å². The third-order valence-electron chi connectivity index (χ3n) is 3.49. The smallest absolute Gasteiger partial charge is 0.139 e. The fraction of sp³-hybridized carbons (Fsp3) is 0.615. The van der Waals surface area contributed by atoms with Crippen LogP contribution in [-0.4, -0.2) is 36.7 Å². The van der Waals surface area contributed by atoms with Gasteiger partial charge < -0.3 is 10.2 Å². The van der Waals surface area contributed by atoms with Gasteiger partial charge in [-0.05, 0) is 43.5 Å². The molecule has 0 atom stereocenters. The number of rotatable bonds is 5. The van der Waals surface area contributed by atoms with Gasteiger partial charge in [-0.15, -0.1) is 0 Å². The molecule has 1 aliphatic heterocycles. The summed E-state index contributed by atoms with van der Waals surface area (Å²) in [6.07, 6.45) is 4.34. The summed E-state index contributed by atoms with van der Waals surface area (Å²) in [7, 11) is 1.78. The molecule has 5 nitrogen and oxygen atoms in total. The van der Waals surface area contributed by atoms with E-state index in [1.54, 1.807) is 7.11 Å². The predicted molar refractivity (Wildman–Crippen MR) is 71.9 cm³/mol. The van der Waals surface area contributed by atoms with Gasteiger partial charge >= 0.3 is 0 Å². The Kier molecular flexibility index (Phi) is 4.92. The molecule has 1 aromatic heterocycles. The lowest BCUT2D eigenvalue weighted by molar-refractivity contribution is 0.0968. The Morgan fingerprint density at radius 2 is 2.22 bits per heavy atom. The van der Waals surface area contributed by atoms with Crippen molar-refractivity contribution in [3.8, 4) is 0 Å². The number of piperidine rings is 1. The van der Waals surface area contributed by atoms with Crippen molar-refractivity contribution in [1.82, 2.24) is 9.88 Å². The van der Waals surface area contributed by atoms with Gasteiger partial charge in [0.25, 0.3) is 0 Å². The highest BCUT2D eigenvalue weighted by Gasteiger charge is 2.18. The first-order chi connectivity index (χ1) is 8.81. The predicted octanol–water partition coefficient (Wildman–Crippen LogP) is 1.23. The van der Waals surface area contributed by atoms with Crippen LogP contribution in [0.3, 0.4) is 0 Å². The topological polar surface area (TPSA) is 63.4 Å². The summed E-state index contributed by atoms with van der Waals surface area (Å²) in [6.45, 7) is 4.15. The third-order valence-corrected chi connectivity index (χ3v) is 3.49. The number of nitrogens with zero attached hydrogens (tertiary/aromatic N) is 2. The van der Waals surface area contributed by atoms with E-state index in [1.807, 2.05) is 12.3 Å². The van der Waals surface area contributed by atoms with E-state index >= 15 is 0 Å². The van der Waals surface area contributed by atoms with Crippen LogP contribution in [0.4, 0.5) is 5.82 Å². The van der Waals surface area contributed by atoms with Crippen molar-refractivity contribution in [1.29, 1.82) is 0 Å².